The quantitative estimate of drug-likeness (QED) is 0.893. The van der Waals surface area contributed by atoms with Crippen LogP contribution in [-0.2, 0) is 4.74 Å². The molecule has 0 aliphatic carbocycles. The predicted octanol–water partition coefficient (Wildman–Crippen LogP) is 2.43. The van der Waals surface area contributed by atoms with E-state index in [1.54, 1.807) is 19.1 Å². The van der Waals surface area contributed by atoms with Gasteiger partial charge in [-0.3, -0.25) is 4.98 Å². The maximum Gasteiger partial charge on any atom is 0.422 e. The van der Waals surface area contributed by atoms with Crippen molar-refractivity contribution in [3.05, 3.63) is 30.1 Å². The van der Waals surface area contributed by atoms with Crippen LogP contribution < -0.4 is 5.32 Å². The lowest BCUT2D eigenvalue weighted by Crippen LogP contribution is -2.30. The van der Waals surface area contributed by atoms with Crippen molar-refractivity contribution >= 4 is 6.09 Å². The average molecular weight is 248 g/mol. The molecule has 0 aromatic carbocycles. The summed E-state index contributed by atoms with van der Waals surface area (Å²) in [5.74, 6) is 0. The van der Waals surface area contributed by atoms with E-state index in [9.17, 15) is 18.0 Å². The molecule has 1 atom stereocenters. The molecule has 17 heavy (non-hydrogen) atoms. The third-order valence-electron chi connectivity index (χ3n) is 1.91. The molecule has 0 radical (unpaired) electrons. The number of rotatable bonds is 3. The molecule has 0 saturated heterocycles. The molecule has 4 nitrogen and oxygen atoms in total. The Kier molecular flexibility index (Phi) is 4.30. The highest BCUT2D eigenvalue weighted by Crippen LogP contribution is 2.15. The van der Waals surface area contributed by atoms with Crippen molar-refractivity contribution in [1.29, 1.82) is 0 Å². The third-order valence-corrected chi connectivity index (χ3v) is 1.91. The molecule has 94 valence electrons. The van der Waals surface area contributed by atoms with E-state index in [1.807, 2.05) is 0 Å². The molecule has 1 amide bonds. The maximum atomic E-state index is 11.8. The summed E-state index contributed by atoms with van der Waals surface area (Å²) >= 11 is 0. The number of hydrogen-bond donors (Lipinski definition) is 1. The zero-order valence-electron chi connectivity index (χ0n) is 8.99. The van der Waals surface area contributed by atoms with Gasteiger partial charge in [0.2, 0.25) is 0 Å². The Labute approximate surface area is 95.8 Å². The van der Waals surface area contributed by atoms with Crippen LogP contribution in [-0.4, -0.2) is 23.9 Å². The lowest BCUT2D eigenvalue weighted by Gasteiger charge is -2.14. The van der Waals surface area contributed by atoms with Crippen molar-refractivity contribution in [3.63, 3.8) is 0 Å². The molecule has 7 heteroatoms. The van der Waals surface area contributed by atoms with Crippen LogP contribution >= 0.6 is 0 Å². The SMILES string of the molecule is C[C@H](NC(=O)OCC(F)(F)F)c1ccncc1. The van der Waals surface area contributed by atoms with Crippen LogP contribution in [0.3, 0.4) is 0 Å². The normalized spacial score (nSPS) is 12.9. The topological polar surface area (TPSA) is 51.2 Å². The Morgan fingerprint density at radius 1 is 1.47 bits per heavy atom. The van der Waals surface area contributed by atoms with Crippen LogP contribution in [0.2, 0.25) is 0 Å². The first-order valence-corrected chi connectivity index (χ1v) is 4.78. The van der Waals surface area contributed by atoms with Gasteiger partial charge in [-0.2, -0.15) is 13.2 Å². The zero-order chi connectivity index (χ0) is 12.9. The van der Waals surface area contributed by atoms with Crippen molar-refractivity contribution in [2.75, 3.05) is 6.61 Å². The van der Waals surface area contributed by atoms with Crippen LogP contribution in [0.4, 0.5) is 18.0 Å². The van der Waals surface area contributed by atoms with Crippen molar-refractivity contribution in [2.45, 2.75) is 19.1 Å². The van der Waals surface area contributed by atoms with Crippen LogP contribution in [0.25, 0.3) is 0 Å². The summed E-state index contributed by atoms with van der Waals surface area (Å²) < 4.78 is 39.3. The van der Waals surface area contributed by atoms with Gasteiger partial charge in [0, 0.05) is 12.4 Å². The van der Waals surface area contributed by atoms with E-state index in [0.29, 0.717) is 0 Å². The number of carbonyl (C=O) groups is 1. The third kappa shape index (κ3) is 5.19. The number of halogens is 3. The van der Waals surface area contributed by atoms with E-state index in [4.69, 9.17) is 0 Å². The molecule has 1 N–H and O–H groups in total. The van der Waals surface area contributed by atoms with Gasteiger partial charge >= 0.3 is 12.3 Å². The zero-order valence-corrected chi connectivity index (χ0v) is 8.99. The van der Waals surface area contributed by atoms with Gasteiger partial charge in [0.1, 0.15) is 0 Å². The highest BCUT2D eigenvalue weighted by Gasteiger charge is 2.29. The molecule has 0 fully saturated rings. The number of amides is 1. The maximum absolute atomic E-state index is 11.8. The van der Waals surface area contributed by atoms with Gasteiger partial charge in [0.05, 0.1) is 6.04 Å². The fourth-order valence-electron chi connectivity index (χ4n) is 1.10. The molecular formula is C10H11F3N2O2. The van der Waals surface area contributed by atoms with Crippen molar-refractivity contribution in [1.82, 2.24) is 10.3 Å². The van der Waals surface area contributed by atoms with Crippen molar-refractivity contribution in [2.24, 2.45) is 0 Å². The number of alkyl halides is 3. The van der Waals surface area contributed by atoms with Crippen molar-refractivity contribution < 1.29 is 22.7 Å². The monoisotopic (exact) mass is 248 g/mol. The summed E-state index contributed by atoms with van der Waals surface area (Å²) in [7, 11) is 0. The molecule has 0 saturated carbocycles. The fourth-order valence-corrected chi connectivity index (χ4v) is 1.10. The molecular weight excluding hydrogens is 237 g/mol. The number of hydrogen-bond acceptors (Lipinski definition) is 3. The molecule has 0 aliphatic rings. The van der Waals surface area contributed by atoms with Gasteiger partial charge in [-0.1, -0.05) is 0 Å². The van der Waals surface area contributed by atoms with Crippen LogP contribution in [0.1, 0.15) is 18.5 Å². The number of alkyl carbamates (subject to hydrolysis) is 1. The molecule has 1 aromatic rings. The molecule has 1 rings (SSSR count). The molecule has 0 bridgehead atoms. The predicted molar refractivity (Wildman–Crippen MR) is 53.2 cm³/mol. The highest BCUT2D eigenvalue weighted by molar-refractivity contribution is 5.67. The summed E-state index contributed by atoms with van der Waals surface area (Å²) in [6.07, 6.45) is -2.58. The average Bonchev–Trinajstić information content (AvgIpc) is 2.27. The van der Waals surface area contributed by atoms with Gasteiger partial charge in [0.25, 0.3) is 0 Å². The van der Waals surface area contributed by atoms with Gasteiger partial charge in [-0.25, -0.2) is 4.79 Å². The van der Waals surface area contributed by atoms with Gasteiger partial charge in [-0.15, -0.1) is 0 Å². The van der Waals surface area contributed by atoms with E-state index < -0.39 is 24.9 Å². The molecule has 1 aromatic heterocycles. The summed E-state index contributed by atoms with van der Waals surface area (Å²) in [6.45, 7) is 0.0338. The van der Waals surface area contributed by atoms with E-state index in [2.05, 4.69) is 15.0 Å². The Balaban J connectivity index is 2.42. The first-order valence-electron chi connectivity index (χ1n) is 4.78. The van der Waals surface area contributed by atoms with Gasteiger partial charge in [0.15, 0.2) is 6.61 Å². The number of aromatic nitrogens is 1. The van der Waals surface area contributed by atoms with E-state index >= 15 is 0 Å². The summed E-state index contributed by atoms with van der Waals surface area (Å²) in [6, 6.07) is 2.85. The number of carbonyl (C=O) groups excluding carboxylic acids is 1. The Morgan fingerprint density at radius 2 is 2.06 bits per heavy atom. The largest absolute Gasteiger partial charge is 0.440 e. The second-order valence-electron chi connectivity index (χ2n) is 3.34. The Morgan fingerprint density at radius 3 is 2.59 bits per heavy atom. The molecule has 1 heterocycles. The smallest absolute Gasteiger partial charge is 0.422 e. The minimum Gasteiger partial charge on any atom is -0.440 e. The lowest BCUT2D eigenvalue weighted by atomic mass is 10.1. The number of ether oxygens (including phenoxy) is 1. The second kappa shape index (κ2) is 5.51. The molecule has 0 aliphatic heterocycles. The van der Waals surface area contributed by atoms with Crippen LogP contribution in [0, 0.1) is 0 Å². The number of pyridine rings is 1. The van der Waals surface area contributed by atoms with E-state index in [0.717, 1.165) is 5.56 Å². The second-order valence-corrected chi connectivity index (χ2v) is 3.34. The summed E-state index contributed by atoms with van der Waals surface area (Å²) in [5.41, 5.74) is 0.726. The number of nitrogens with zero attached hydrogens (tertiary/aromatic N) is 1. The first-order chi connectivity index (χ1) is 7.88. The van der Waals surface area contributed by atoms with E-state index in [1.165, 1.54) is 12.4 Å². The minimum atomic E-state index is -4.52. The summed E-state index contributed by atoms with van der Waals surface area (Å²) in [5, 5.41) is 2.28. The van der Waals surface area contributed by atoms with Gasteiger partial charge in [-0.05, 0) is 24.6 Å². The first kappa shape index (κ1) is 13.3. The number of nitrogens with one attached hydrogen (secondary N) is 1. The highest BCUT2D eigenvalue weighted by atomic mass is 19.4. The molecule has 0 spiro atoms. The Hall–Kier alpha value is -1.79. The summed E-state index contributed by atoms with van der Waals surface area (Å²) in [4.78, 5) is 14.8. The minimum absolute atomic E-state index is 0.446. The van der Waals surface area contributed by atoms with Crippen LogP contribution in [0.5, 0.6) is 0 Å². The van der Waals surface area contributed by atoms with E-state index in [-0.39, 0.29) is 0 Å². The fraction of sp³-hybridized carbons (Fsp3) is 0.400. The van der Waals surface area contributed by atoms with Gasteiger partial charge < -0.3 is 10.1 Å². The molecule has 0 unspecified atom stereocenters. The Bertz CT molecular complexity index is 368. The van der Waals surface area contributed by atoms with Crippen molar-refractivity contribution in [3.8, 4) is 0 Å². The van der Waals surface area contributed by atoms with Crippen LogP contribution in [0.15, 0.2) is 24.5 Å². The standard InChI is InChI=1S/C10H11F3N2O2/c1-7(8-2-4-14-5-3-8)15-9(16)17-6-10(11,12)13/h2-5,7H,6H2,1H3,(H,15,16)/t7-/m0/s1. The lowest BCUT2D eigenvalue weighted by molar-refractivity contribution is -0.160.